The Balaban J connectivity index is 1.62. The Kier molecular flexibility index (Phi) is 40.6. The summed E-state index contributed by atoms with van der Waals surface area (Å²) in [4.78, 5) is 159. The first-order valence-corrected chi connectivity index (χ1v) is 42.6. The summed E-state index contributed by atoms with van der Waals surface area (Å²) >= 11 is 0. The van der Waals surface area contributed by atoms with Crippen LogP contribution in [0.5, 0.6) is 0 Å². The molecule has 4 fully saturated rings. The molecule has 24 atom stereocenters. The van der Waals surface area contributed by atoms with Gasteiger partial charge in [-0.05, 0) is 0 Å². The summed E-state index contributed by atoms with van der Waals surface area (Å²) in [6, 6.07) is 0. The van der Waals surface area contributed by atoms with Crippen molar-refractivity contribution in [1.82, 2.24) is 0 Å². The van der Waals surface area contributed by atoms with Crippen molar-refractivity contribution in [3.63, 3.8) is 0 Å². The van der Waals surface area contributed by atoms with Crippen LogP contribution in [0.25, 0.3) is 0 Å². The van der Waals surface area contributed by atoms with Gasteiger partial charge in [0.25, 0.3) is 0 Å². The van der Waals surface area contributed by atoms with Gasteiger partial charge in [-0.3, -0.25) is 36.2 Å². The average Bonchev–Trinajstić information content (AvgIpc) is 0.795. The molecule has 0 radical (unpaired) electrons. The second-order valence-corrected chi connectivity index (χ2v) is 31.9. The second-order valence-electron chi connectivity index (χ2n) is 22.3. The zero-order chi connectivity index (χ0) is 79.4. The molecule has 0 aromatic rings. The monoisotopic (exact) mass is 1710 g/mol. The third-order valence-corrected chi connectivity index (χ3v) is 19.9. The molecule has 4 aliphatic rings. The van der Waals surface area contributed by atoms with E-state index in [-0.39, 0.29) is 0 Å². The van der Waals surface area contributed by atoms with Crippen molar-refractivity contribution >= 4 is 62.6 Å². The molecule has 0 aromatic heterocycles. The molecule has 4 saturated carbocycles. The van der Waals surface area contributed by atoms with Gasteiger partial charge in [0, 0.05) is 71.1 Å². The van der Waals surface area contributed by atoms with E-state index in [1.165, 1.54) is 0 Å². The molecular weight excluding hydrogens is 1620 g/mol. The largest absolute Gasteiger partial charge is 0.470 e. The first kappa shape index (κ1) is 97.5. The van der Waals surface area contributed by atoms with Gasteiger partial charge >= 0.3 is 62.6 Å². The molecule has 0 saturated heterocycles. The predicted molar refractivity (Wildman–Crippen MR) is 334 cm³/mol. The van der Waals surface area contributed by atoms with Gasteiger partial charge in [-0.1, -0.05) is 0 Å². The quantitative estimate of drug-likeness (QED) is 0.0201. The molecule has 59 heteroatoms. The Hall–Kier alpha value is 0.120. The van der Waals surface area contributed by atoms with Crippen molar-refractivity contribution in [2.75, 3.05) is 150 Å². The van der Waals surface area contributed by atoms with Crippen molar-refractivity contribution in [3.05, 3.63) is 0 Å². The molecule has 2 unspecified atom stereocenters. The summed E-state index contributed by atoms with van der Waals surface area (Å²) in [7, 11) is -33.6. The summed E-state index contributed by atoms with van der Waals surface area (Å²) < 4.78 is 246. The first-order chi connectivity index (χ1) is 48.7. The Labute approximate surface area is 598 Å². The molecule has 16 N–H and O–H groups in total. The summed E-state index contributed by atoms with van der Waals surface area (Å²) in [6.45, 7) is -6.15. The van der Waals surface area contributed by atoms with Crippen LogP contribution in [-0.4, -0.2) is 375 Å². The third-order valence-electron chi connectivity index (χ3n) is 15.8. The third kappa shape index (κ3) is 31.3. The number of phosphoric ester groups is 8. The van der Waals surface area contributed by atoms with Crippen LogP contribution >= 0.6 is 62.6 Å². The zero-order valence-electron chi connectivity index (χ0n) is 57.4. The van der Waals surface area contributed by atoms with Gasteiger partial charge in [-0.15, -0.1) is 0 Å². The predicted octanol–water partition coefficient (Wildman–Crippen LogP) is -4.62. The van der Waals surface area contributed by atoms with E-state index in [1.807, 2.05) is 0 Å². The van der Waals surface area contributed by atoms with Crippen LogP contribution in [0.2, 0.25) is 0 Å². The number of hydrogen-bond donors (Lipinski definition) is 16. The van der Waals surface area contributed by atoms with E-state index < -0.39 is 288 Å². The SMILES string of the molecule is COC1[C@@H](OC)[C@H](OP(=O)(O)O)C(OCCOCCO[C@H]2[C@H](OC)[C@H](OCCOCCO[C@H]3[C@@H](OP(=O)(O)O)[C@H](OC)[C@@H](OC)[C@H](OP(=O)(O)O)[C@H]3OP(=O)(O)O)[C@H](OC)[C@@H](OCCOCCO[C@H]3[C@@H](OC)[C@H](OP(=O)(O)O)[C@@H](OC)[C@H](OC)[C@H]3OP(=O)(O)O)[C@@H]2OP(=O)(O)O)[C@H](OP(=O)(O)O)[C@H]1OC. The number of methoxy groups -OCH3 is 10. The molecular formula is C46H94O51P8. The lowest BCUT2D eigenvalue weighted by atomic mass is 9.84. The van der Waals surface area contributed by atoms with Gasteiger partial charge in [-0.2, -0.15) is 0 Å². The van der Waals surface area contributed by atoms with Crippen LogP contribution in [-0.2, 0) is 163 Å². The van der Waals surface area contributed by atoms with Crippen LogP contribution in [0.15, 0.2) is 0 Å². The Morgan fingerprint density at radius 2 is 0.257 bits per heavy atom. The molecule has 624 valence electrons. The van der Waals surface area contributed by atoms with Crippen LogP contribution in [0.4, 0.5) is 0 Å². The topological polar surface area (TPSA) is 709 Å². The van der Waals surface area contributed by atoms with Gasteiger partial charge in [0.2, 0.25) is 0 Å². The molecule has 0 aromatic carbocycles. The fraction of sp³-hybridized carbons (Fsp3) is 1.00. The smallest absolute Gasteiger partial charge is 0.377 e. The molecule has 4 rings (SSSR count). The normalized spacial score (nSPS) is 33.7. The van der Waals surface area contributed by atoms with E-state index in [0.717, 1.165) is 71.1 Å². The average molecular weight is 1710 g/mol. The maximum absolute atomic E-state index is 12.9. The first-order valence-electron chi connectivity index (χ1n) is 30.3. The van der Waals surface area contributed by atoms with Crippen LogP contribution in [0, 0.1) is 0 Å². The molecule has 51 nitrogen and oxygen atoms in total. The molecule has 0 amide bonds. The minimum atomic E-state index is -5.72. The molecule has 0 spiro atoms. The zero-order valence-corrected chi connectivity index (χ0v) is 64.5. The maximum atomic E-state index is 12.9. The van der Waals surface area contributed by atoms with Crippen LogP contribution in [0.1, 0.15) is 0 Å². The van der Waals surface area contributed by atoms with Crippen molar-refractivity contribution in [2.45, 2.75) is 146 Å². The van der Waals surface area contributed by atoms with E-state index in [4.69, 9.17) is 126 Å². The lowest BCUT2D eigenvalue weighted by molar-refractivity contribution is -0.266. The summed E-state index contributed by atoms with van der Waals surface area (Å²) in [5.74, 6) is 0. The van der Waals surface area contributed by atoms with Gasteiger partial charge in [-0.25, -0.2) is 36.5 Å². The van der Waals surface area contributed by atoms with Gasteiger partial charge in [0.05, 0.1) is 79.3 Å². The van der Waals surface area contributed by atoms with Gasteiger partial charge in [0.15, 0.2) is 0 Å². The fourth-order valence-corrected chi connectivity index (χ4v) is 16.8. The molecule has 105 heavy (non-hydrogen) atoms. The molecule has 0 aliphatic heterocycles. The fourth-order valence-electron chi connectivity index (χ4n) is 12.3. The van der Waals surface area contributed by atoms with Crippen molar-refractivity contribution in [2.24, 2.45) is 0 Å². The Morgan fingerprint density at radius 1 is 0.162 bits per heavy atom. The van der Waals surface area contributed by atoms with Crippen LogP contribution in [0.3, 0.4) is 0 Å². The van der Waals surface area contributed by atoms with Crippen molar-refractivity contribution in [1.29, 1.82) is 0 Å². The second kappa shape index (κ2) is 43.7. The highest BCUT2D eigenvalue weighted by atomic mass is 31.2. The highest BCUT2D eigenvalue weighted by Gasteiger charge is 2.62. The van der Waals surface area contributed by atoms with E-state index in [2.05, 4.69) is 0 Å². The van der Waals surface area contributed by atoms with E-state index in [0.29, 0.717) is 0 Å². The summed E-state index contributed by atoms with van der Waals surface area (Å²) in [6.07, 6.45) is -41.7. The maximum Gasteiger partial charge on any atom is 0.470 e. The van der Waals surface area contributed by atoms with Crippen molar-refractivity contribution in [3.8, 4) is 0 Å². The standard InChI is InChI=1S/C46H94O51P8/c1-71-23-24(72-2)41(92-100(53,54)55)37(42(25(23)73-3)93-101(56,57)58)88-21-15-83-13-19-86-35-31(79-9)33(84-17-11-81-16-22-89-38-43(94-102(59,60)61)28(76-6)29(77-7)44(95-103(62,63)64)46(38)97-105(68,69)70)30(78-8)34(45(35)96-104(65,66)67)85-18-12-82-14-20-87-36-32(80-10)39(90-98(47,48)49)26(74-4)27(75-5)40(36)91-99(50,51)52/h23-46H,11-22H2,1-10H3,(H2,47,48,49)(H2,50,51,52)(H2,53,54,55)(H2,56,57,58)(H2,59,60,61)(H2,62,63,64)(H2,65,66,67)(H2,68,69,70)/t23?,24-,25+,26-,27-,28+,29+,30-,31+,32+,33+,34+,35-,36-,37?,38-,39+,40+,41+,42-,43-,44-,45-,46-/m0/s1. The van der Waals surface area contributed by atoms with E-state index in [9.17, 15) is 115 Å². The minimum absolute atomic E-state index is 0.425. The summed E-state index contributed by atoms with van der Waals surface area (Å²) in [5.41, 5.74) is 0. The molecule has 0 heterocycles. The van der Waals surface area contributed by atoms with E-state index in [1.54, 1.807) is 0 Å². The lowest BCUT2D eigenvalue weighted by Gasteiger charge is -2.48. The highest BCUT2D eigenvalue weighted by molar-refractivity contribution is 7.48. The van der Waals surface area contributed by atoms with Crippen LogP contribution < -0.4 is 0 Å². The van der Waals surface area contributed by atoms with Gasteiger partial charge < -0.3 is 168 Å². The number of ether oxygens (including phenoxy) is 19. The molecule has 0 bridgehead atoms. The highest BCUT2D eigenvalue weighted by Crippen LogP contribution is 2.53. The minimum Gasteiger partial charge on any atom is -0.377 e. The summed E-state index contributed by atoms with van der Waals surface area (Å²) in [5, 5.41) is 0. The number of phosphoric acid groups is 8. The number of hydrogen-bond acceptors (Lipinski definition) is 35. The molecule has 4 aliphatic carbocycles. The number of rotatable bonds is 50. The van der Waals surface area contributed by atoms with Crippen molar-refractivity contribution < 1.29 is 241 Å². The van der Waals surface area contributed by atoms with E-state index >= 15 is 0 Å². The Morgan fingerprint density at radius 3 is 0.419 bits per heavy atom. The van der Waals surface area contributed by atoms with Gasteiger partial charge in [0.1, 0.15) is 146 Å². The lowest BCUT2D eigenvalue weighted by Crippen LogP contribution is -2.67. The Bertz CT molecular complexity index is 2900.